The molecule has 1 fully saturated rings. The molecule has 2 heterocycles. The summed E-state index contributed by atoms with van der Waals surface area (Å²) in [6.45, 7) is 8.42. The van der Waals surface area contributed by atoms with Gasteiger partial charge in [-0.05, 0) is 41.9 Å². The molecule has 3 aromatic rings. The van der Waals surface area contributed by atoms with Gasteiger partial charge in [-0.2, -0.15) is 0 Å². The Morgan fingerprint density at radius 1 is 0.957 bits per heavy atom. The topological polar surface area (TPSA) is 141 Å². The highest BCUT2D eigenvalue weighted by Crippen LogP contribution is 2.28. The average molecular weight is 662 g/mol. The van der Waals surface area contributed by atoms with Gasteiger partial charge >= 0.3 is 0 Å². The Hall–Kier alpha value is -4.09. The number of nitrogens with zero attached hydrogens (tertiary/aromatic N) is 2. The van der Waals surface area contributed by atoms with Gasteiger partial charge in [-0.3, -0.25) is 19.2 Å². The Labute approximate surface area is 281 Å². The lowest BCUT2D eigenvalue weighted by Gasteiger charge is -2.35. The summed E-state index contributed by atoms with van der Waals surface area (Å²) in [5, 5.41) is 19.2. The maximum Gasteiger partial charge on any atom is 0.246 e. The fourth-order valence-corrected chi connectivity index (χ4v) is 6.48. The molecule has 0 aliphatic carbocycles. The number of carbonyl (C=O) groups is 4. The van der Waals surface area contributed by atoms with Crippen LogP contribution in [0.4, 0.5) is 0 Å². The minimum atomic E-state index is -0.865. The summed E-state index contributed by atoms with van der Waals surface area (Å²) in [6.07, 6.45) is 1.99. The summed E-state index contributed by atoms with van der Waals surface area (Å²) in [6, 6.07) is 15.8. The minimum absolute atomic E-state index is 0.0261. The standard InChI is InChI=1S/C36H47N5O5S/c1-24-32(47-23-39-24)27-16-14-26(15-17-27)21-38-34(45)29-20-28(42)22-41(29)35(46)33(36(2,3)4)40-30(43)13-9-6-10-18-37-31(44)19-25-11-7-5-8-12-25/h5,7-8,11-12,14-17,23,28-29,33,42H,6,9-10,13,18-22H2,1-4H3,(H,37,44)(H,38,45)(H,40,43)/t28-,29+,33-/m1/s1. The second kappa shape index (κ2) is 16.6. The summed E-state index contributed by atoms with van der Waals surface area (Å²) in [7, 11) is 0. The quantitative estimate of drug-likeness (QED) is 0.192. The second-order valence-corrected chi connectivity index (χ2v) is 14.1. The summed E-state index contributed by atoms with van der Waals surface area (Å²) in [5.41, 5.74) is 5.11. The number of aliphatic hydroxyl groups is 1. The van der Waals surface area contributed by atoms with E-state index in [-0.39, 0.29) is 49.6 Å². The van der Waals surface area contributed by atoms with Crippen LogP contribution in [0.2, 0.25) is 0 Å². The van der Waals surface area contributed by atoms with Gasteiger partial charge in [0.05, 0.1) is 28.6 Å². The van der Waals surface area contributed by atoms with Gasteiger partial charge in [0.15, 0.2) is 0 Å². The van der Waals surface area contributed by atoms with E-state index in [1.165, 1.54) is 4.90 Å². The van der Waals surface area contributed by atoms with Crippen molar-refractivity contribution in [1.29, 1.82) is 0 Å². The number of aliphatic hydroxyl groups excluding tert-OH is 1. The van der Waals surface area contributed by atoms with Crippen molar-refractivity contribution in [2.75, 3.05) is 13.1 Å². The van der Waals surface area contributed by atoms with E-state index in [0.717, 1.165) is 40.1 Å². The molecule has 0 radical (unpaired) electrons. The van der Waals surface area contributed by atoms with E-state index in [1.807, 2.05) is 87.8 Å². The molecule has 1 saturated heterocycles. The van der Waals surface area contributed by atoms with Crippen LogP contribution in [0.1, 0.15) is 69.7 Å². The summed E-state index contributed by atoms with van der Waals surface area (Å²) >= 11 is 1.58. The number of likely N-dealkylation sites (tertiary alicyclic amines) is 1. The molecule has 1 aromatic heterocycles. The Kier molecular flexibility index (Phi) is 12.7. The molecule has 10 nitrogen and oxygen atoms in total. The maximum atomic E-state index is 13.8. The zero-order valence-corrected chi connectivity index (χ0v) is 28.6. The molecule has 3 atom stereocenters. The molecule has 0 bridgehead atoms. The first-order chi connectivity index (χ1) is 22.4. The molecular formula is C36H47N5O5S. The number of amides is 4. The number of rotatable bonds is 14. The van der Waals surface area contributed by atoms with Gasteiger partial charge in [0, 0.05) is 32.5 Å². The van der Waals surface area contributed by atoms with Gasteiger partial charge in [-0.25, -0.2) is 4.98 Å². The lowest BCUT2D eigenvalue weighted by atomic mass is 9.85. The molecular weight excluding hydrogens is 614 g/mol. The monoisotopic (exact) mass is 661 g/mol. The molecule has 1 aliphatic rings. The minimum Gasteiger partial charge on any atom is -0.391 e. The first-order valence-electron chi connectivity index (χ1n) is 16.3. The van der Waals surface area contributed by atoms with Crippen LogP contribution in [0.25, 0.3) is 10.4 Å². The molecule has 0 unspecified atom stereocenters. The molecule has 1 aliphatic heterocycles. The fraction of sp³-hybridized carbons (Fsp3) is 0.472. The van der Waals surface area contributed by atoms with Crippen molar-refractivity contribution < 1.29 is 24.3 Å². The van der Waals surface area contributed by atoms with E-state index in [2.05, 4.69) is 20.9 Å². The van der Waals surface area contributed by atoms with Crippen molar-refractivity contribution in [3.8, 4) is 10.4 Å². The van der Waals surface area contributed by atoms with E-state index < -0.39 is 23.6 Å². The molecule has 0 saturated carbocycles. The molecule has 4 amide bonds. The number of thiazole rings is 1. The average Bonchev–Trinajstić information content (AvgIpc) is 3.65. The van der Waals surface area contributed by atoms with Gasteiger partial charge in [-0.15, -0.1) is 11.3 Å². The van der Waals surface area contributed by atoms with E-state index in [9.17, 15) is 24.3 Å². The maximum absolute atomic E-state index is 13.8. The number of nitrogens with one attached hydrogen (secondary N) is 3. The third kappa shape index (κ3) is 10.5. The molecule has 4 rings (SSSR count). The number of unbranched alkanes of at least 4 members (excludes halogenated alkanes) is 2. The smallest absolute Gasteiger partial charge is 0.246 e. The van der Waals surface area contributed by atoms with Gasteiger partial charge in [0.2, 0.25) is 23.6 Å². The Balaban J connectivity index is 1.24. The van der Waals surface area contributed by atoms with Crippen molar-refractivity contribution in [2.24, 2.45) is 5.41 Å². The Bertz CT molecular complexity index is 1500. The van der Waals surface area contributed by atoms with E-state index in [1.54, 1.807) is 11.3 Å². The van der Waals surface area contributed by atoms with Crippen molar-refractivity contribution in [3.63, 3.8) is 0 Å². The number of aryl methyl sites for hydroxylation is 1. The first kappa shape index (κ1) is 35.8. The van der Waals surface area contributed by atoms with Gasteiger partial charge < -0.3 is 26.0 Å². The fourth-order valence-electron chi connectivity index (χ4n) is 5.67. The largest absolute Gasteiger partial charge is 0.391 e. The van der Waals surface area contributed by atoms with E-state index in [0.29, 0.717) is 19.4 Å². The van der Waals surface area contributed by atoms with Crippen molar-refractivity contribution in [2.45, 2.75) is 91.0 Å². The van der Waals surface area contributed by atoms with Crippen LogP contribution < -0.4 is 16.0 Å². The highest BCUT2D eigenvalue weighted by Gasteiger charge is 2.44. The summed E-state index contributed by atoms with van der Waals surface area (Å²) in [4.78, 5) is 59.0. The predicted molar refractivity (Wildman–Crippen MR) is 183 cm³/mol. The lowest BCUT2D eigenvalue weighted by Crippen LogP contribution is -2.57. The van der Waals surface area contributed by atoms with Gasteiger partial charge in [0.25, 0.3) is 0 Å². The molecule has 2 aromatic carbocycles. The third-order valence-electron chi connectivity index (χ3n) is 8.32. The van der Waals surface area contributed by atoms with E-state index in [4.69, 9.17) is 0 Å². The number of aromatic nitrogens is 1. The van der Waals surface area contributed by atoms with Crippen LogP contribution in [-0.2, 0) is 32.1 Å². The van der Waals surface area contributed by atoms with Gasteiger partial charge in [0.1, 0.15) is 12.1 Å². The Morgan fingerprint density at radius 2 is 1.68 bits per heavy atom. The van der Waals surface area contributed by atoms with Crippen LogP contribution >= 0.6 is 11.3 Å². The third-order valence-corrected chi connectivity index (χ3v) is 9.30. The lowest BCUT2D eigenvalue weighted by molar-refractivity contribution is -0.144. The number of β-amino-alcohol motifs (C(OH)–C–C–N with tert-alkyl or cyclic N) is 1. The van der Waals surface area contributed by atoms with Crippen LogP contribution in [0.5, 0.6) is 0 Å². The zero-order chi connectivity index (χ0) is 34.0. The second-order valence-electron chi connectivity index (χ2n) is 13.3. The summed E-state index contributed by atoms with van der Waals surface area (Å²) < 4.78 is 0. The number of hydrogen-bond acceptors (Lipinski definition) is 7. The van der Waals surface area contributed by atoms with Crippen LogP contribution in [-0.4, -0.2) is 69.9 Å². The normalized spacial score (nSPS) is 16.8. The zero-order valence-electron chi connectivity index (χ0n) is 27.8. The first-order valence-corrected chi connectivity index (χ1v) is 17.2. The van der Waals surface area contributed by atoms with Crippen molar-refractivity contribution in [3.05, 3.63) is 76.9 Å². The van der Waals surface area contributed by atoms with Crippen molar-refractivity contribution >= 4 is 35.0 Å². The van der Waals surface area contributed by atoms with Crippen LogP contribution in [0, 0.1) is 12.3 Å². The van der Waals surface area contributed by atoms with Crippen molar-refractivity contribution in [1.82, 2.24) is 25.8 Å². The molecule has 47 heavy (non-hydrogen) atoms. The molecule has 11 heteroatoms. The molecule has 252 valence electrons. The number of carbonyl (C=O) groups excluding carboxylic acids is 4. The summed E-state index contributed by atoms with van der Waals surface area (Å²) in [5.74, 6) is -1.000. The number of benzene rings is 2. The Morgan fingerprint density at radius 3 is 2.34 bits per heavy atom. The predicted octanol–water partition coefficient (Wildman–Crippen LogP) is 4.15. The van der Waals surface area contributed by atoms with Gasteiger partial charge in [-0.1, -0.05) is 81.8 Å². The van der Waals surface area contributed by atoms with Crippen LogP contribution in [0.15, 0.2) is 60.1 Å². The highest BCUT2D eigenvalue weighted by atomic mass is 32.1. The number of hydrogen-bond donors (Lipinski definition) is 4. The van der Waals surface area contributed by atoms with Crippen LogP contribution in [0.3, 0.4) is 0 Å². The van der Waals surface area contributed by atoms with E-state index >= 15 is 0 Å². The SMILES string of the molecule is Cc1ncsc1-c1ccc(CNC(=O)[C@@H]2C[C@@H](O)CN2C(=O)[C@@H](NC(=O)CCCCCNC(=O)Cc2ccccc2)C(C)(C)C)cc1. The molecule has 4 N–H and O–H groups in total. The molecule has 0 spiro atoms. The highest BCUT2D eigenvalue weighted by molar-refractivity contribution is 7.13.